The van der Waals surface area contributed by atoms with Gasteiger partial charge in [-0.25, -0.2) is 0 Å². The first kappa shape index (κ1) is 12.8. The van der Waals surface area contributed by atoms with Gasteiger partial charge in [0.2, 0.25) is 0 Å². The molecule has 0 aliphatic rings. The van der Waals surface area contributed by atoms with E-state index in [2.05, 4.69) is 21.2 Å². The van der Waals surface area contributed by atoms with Gasteiger partial charge in [-0.3, -0.25) is 0 Å². The van der Waals surface area contributed by atoms with Gasteiger partial charge < -0.3 is 15.8 Å². The molecule has 3 N–H and O–H groups in total. The number of nitrogen functional groups attached to an aromatic ring is 1. The van der Waals surface area contributed by atoms with Crippen LogP contribution in [-0.4, -0.2) is 13.2 Å². The first-order valence-corrected chi connectivity index (χ1v) is 6.52. The molecule has 0 atom stereocenters. The van der Waals surface area contributed by atoms with Crippen molar-refractivity contribution in [2.45, 2.75) is 0 Å². The highest BCUT2D eigenvalue weighted by molar-refractivity contribution is 9.10. The number of para-hydroxylation sites is 2. The van der Waals surface area contributed by atoms with Crippen LogP contribution in [0.3, 0.4) is 0 Å². The predicted octanol–water partition coefficient (Wildman–Crippen LogP) is 3.52. The monoisotopic (exact) mass is 306 g/mol. The van der Waals surface area contributed by atoms with E-state index in [1.165, 1.54) is 0 Å². The summed E-state index contributed by atoms with van der Waals surface area (Å²) in [5.41, 5.74) is 7.52. The lowest BCUT2D eigenvalue weighted by Gasteiger charge is -2.10. The van der Waals surface area contributed by atoms with E-state index in [1.54, 1.807) is 0 Å². The van der Waals surface area contributed by atoms with Crippen LogP contribution in [0.15, 0.2) is 53.0 Å². The van der Waals surface area contributed by atoms with Crippen molar-refractivity contribution in [2.75, 3.05) is 24.2 Å². The third kappa shape index (κ3) is 3.67. The maximum atomic E-state index is 5.78. The number of anilines is 2. The minimum atomic E-state index is 0.574. The largest absolute Gasteiger partial charge is 0.490 e. The van der Waals surface area contributed by atoms with Crippen LogP contribution < -0.4 is 15.8 Å². The Bertz CT molecular complexity index is 499. The second-order valence-corrected chi connectivity index (χ2v) is 4.74. The SMILES string of the molecule is Nc1ccccc1OCCNc1ccc(Br)cc1. The Balaban J connectivity index is 1.76. The van der Waals surface area contributed by atoms with Gasteiger partial charge in [0.25, 0.3) is 0 Å². The standard InChI is InChI=1S/C14H15BrN2O/c15-11-5-7-12(8-6-11)17-9-10-18-14-4-2-1-3-13(14)16/h1-8,17H,9-10,16H2. The van der Waals surface area contributed by atoms with Gasteiger partial charge in [0, 0.05) is 16.7 Å². The third-order valence-electron chi connectivity index (χ3n) is 2.45. The van der Waals surface area contributed by atoms with Crippen LogP contribution in [-0.2, 0) is 0 Å². The van der Waals surface area contributed by atoms with Crippen molar-refractivity contribution in [3.63, 3.8) is 0 Å². The molecule has 94 valence electrons. The molecule has 0 fully saturated rings. The fourth-order valence-electron chi connectivity index (χ4n) is 1.54. The van der Waals surface area contributed by atoms with Gasteiger partial charge in [-0.15, -0.1) is 0 Å². The van der Waals surface area contributed by atoms with Gasteiger partial charge in [0.1, 0.15) is 12.4 Å². The van der Waals surface area contributed by atoms with Crippen molar-refractivity contribution in [3.05, 3.63) is 53.0 Å². The molecular weight excluding hydrogens is 292 g/mol. The molecule has 2 aromatic rings. The minimum absolute atomic E-state index is 0.574. The maximum absolute atomic E-state index is 5.78. The van der Waals surface area contributed by atoms with Crippen LogP contribution in [0.25, 0.3) is 0 Å². The zero-order chi connectivity index (χ0) is 12.8. The van der Waals surface area contributed by atoms with Crippen molar-refractivity contribution in [2.24, 2.45) is 0 Å². The number of ether oxygens (including phenoxy) is 1. The topological polar surface area (TPSA) is 47.3 Å². The Kier molecular flexibility index (Phi) is 4.47. The van der Waals surface area contributed by atoms with Gasteiger partial charge in [0.15, 0.2) is 0 Å². The van der Waals surface area contributed by atoms with E-state index in [9.17, 15) is 0 Å². The van der Waals surface area contributed by atoms with Crippen LogP contribution in [0.1, 0.15) is 0 Å². The summed E-state index contributed by atoms with van der Waals surface area (Å²) in [5.74, 6) is 0.732. The summed E-state index contributed by atoms with van der Waals surface area (Å²) in [6, 6.07) is 15.5. The summed E-state index contributed by atoms with van der Waals surface area (Å²) < 4.78 is 6.66. The minimum Gasteiger partial charge on any atom is -0.490 e. The second kappa shape index (κ2) is 6.31. The van der Waals surface area contributed by atoms with Crippen LogP contribution in [0, 0.1) is 0 Å². The fraction of sp³-hybridized carbons (Fsp3) is 0.143. The number of rotatable bonds is 5. The molecule has 0 aliphatic heterocycles. The number of hydrogen-bond acceptors (Lipinski definition) is 3. The predicted molar refractivity (Wildman–Crippen MR) is 79.0 cm³/mol. The molecule has 2 rings (SSSR count). The van der Waals surface area contributed by atoms with Crippen molar-refractivity contribution in [1.29, 1.82) is 0 Å². The zero-order valence-corrected chi connectivity index (χ0v) is 11.5. The van der Waals surface area contributed by atoms with Crippen molar-refractivity contribution in [1.82, 2.24) is 0 Å². The van der Waals surface area contributed by atoms with E-state index in [0.29, 0.717) is 12.3 Å². The Hall–Kier alpha value is -1.68. The third-order valence-corrected chi connectivity index (χ3v) is 2.98. The van der Waals surface area contributed by atoms with Gasteiger partial charge in [0.05, 0.1) is 5.69 Å². The van der Waals surface area contributed by atoms with Crippen LogP contribution in [0.2, 0.25) is 0 Å². The van der Waals surface area contributed by atoms with Crippen LogP contribution in [0.4, 0.5) is 11.4 Å². The molecular formula is C14H15BrN2O. The lowest BCUT2D eigenvalue weighted by molar-refractivity contribution is 0.334. The zero-order valence-electron chi connectivity index (χ0n) is 9.90. The molecule has 0 heterocycles. The molecule has 4 heteroatoms. The first-order chi connectivity index (χ1) is 8.75. The Labute approximate surface area is 115 Å². The molecule has 0 radical (unpaired) electrons. The molecule has 0 spiro atoms. The van der Waals surface area contributed by atoms with E-state index in [1.807, 2.05) is 48.5 Å². The van der Waals surface area contributed by atoms with E-state index < -0.39 is 0 Å². The molecule has 0 saturated heterocycles. The van der Waals surface area contributed by atoms with E-state index >= 15 is 0 Å². The quantitative estimate of drug-likeness (QED) is 0.656. The van der Waals surface area contributed by atoms with Gasteiger partial charge >= 0.3 is 0 Å². The fourth-order valence-corrected chi connectivity index (χ4v) is 1.80. The van der Waals surface area contributed by atoms with Crippen LogP contribution in [0.5, 0.6) is 5.75 Å². The molecule has 0 aromatic heterocycles. The highest BCUT2D eigenvalue weighted by Crippen LogP contribution is 2.19. The van der Waals surface area contributed by atoms with Crippen molar-refractivity contribution in [3.8, 4) is 5.75 Å². The smallest absolute Gasteiger partial charge is 0.142 e. The van der Waals surface area contributed by atoms with E-state index in [-0.39, 0.29) is 0 Å². The van der Waals surface area contributed by atoms with Crippen molar-refractivity contribution >= 4 is 27.3 Å². The molecule has 3 nitrogen and oxygen atoms in total. The van der Waals surface area contributed by atoms with E-state index in [0.717, 1.165) is 22.5 Å². The average Bonchev–Trinajstić information content (AvgIpc) is 2.39. The summed E-state index contributed by atoms with van der Waals surface area (Å²) >= 11 is 3.40. The normalized spacial score (nSPS) is 10.1. The molecule has 0 bridgehead atoms. The Morgan fingerprint density at radius 3 is 2.50 bits per heavy atom. The van der Waals surface area contributed by atoms with E-state index in [4.69, 9.17) is 10.5 Å². The van der Waals surface area contributed by atoms with Gasteiger partial charge in [-0.1, -0.05) is 28.1 Å². The lowest BCUT2D eigenvalue weighted by Crippen LogP contribution is -2.12. The number of nitrogens with two attached hydrogens (primary N) is 1. The number of nitrogens with one attached hydrogen (secondary N) is 1. The Morgan fingerprint density at radius 2 is 1.78 bits per heavy atom. The summed E-state index contributed by atoms with van der Waals surface area (Å²) in [7, 11) is 0. The highest BCUT2D eigenvalue weighted by Gasteiger charge is 1.97. The molecule has 0 amide bonds. The van der Waals surface area contributed by atoms with Crippen LogP contribution >= 0.6 is 15.9 Å². The second-order valence-electron chi connectivity index (χ2n) is 3.82. The average molecular weight is 307 g/mol. The molecule has 0 saturated carbocycles. The van der Waals surface area contributed by atoms with Crippen molar-refractivity contribution < 1.29 is 4.74 Å². The molecule has 0 unspecified atom stereocenters. The lowest BCUT2D eigenvalue weighted by atomic mass is 10.3. The summed E-state index contributed by atoms with van der Waals surface area (Å²) in [6.45, 7) is 1.31. The van der Waals surface area contributed by atoms with Gasteiger partial charge in [-0.05, 0) is 36.4 Å². The molecule has 2 aromatic carbocycles. The van der Waals surface area contributed by atoms with Gasteiger partial charge in [-0.2, -0.15) is 0 Å². The summed E-state index contributed by atoms with van der Waals surface area (Å²) in [6.07, 6.45) is 0. The maximum Gasteiger partial charge on any atom is 0.142 e. The molecule has 0 aliphatic carbocycles. The number of benzene rings is 2. The summed E-state index contributed by atoms with van der Waals surface area (Å²) in [4.78, 5) is 0. The first-order valence-electron chi connectivity index (χ1n) is 5.72. The number of hydrogen-bond donors (Lipinski definition) is 2. The Morgan fingerprint density at radius 1 is 1.06 bits per heavy atom. The highest BCUT2D eigenvalue weighted by atomic mass is 79.9. The molecule has 18 heavy (non-hydrogen) atoms. The summed E-state index contributed by atoms with van der Waals surface area (Å²) in [5, 5.41) is 3.27. The number of halogens is 1.